The van der Waals surface area contributed by atoms with Gasteiger partial charge in [0, 0.05) is 11.3 Å². The van der Waals surface area contributed by atoms with Crippen molar-refractivity contribution in [1.82, 2.24) is 9.78 Å². The fourth-order valence-electron chi connectivity index (χ4n) is 5.21. The first-order chi connectivity index (χ1) is 19.1. The van der Waals surface area contributed by atoms with Crippen molar-refractivity contribution < 1.29 is 0 Å². The Kier molecular flexibility index (Phi) is 5.72. The Hall–Kier alpha value is -4.39. The SMILES string of the molecule is Cc1nn(-c2ccccc2)c2c1C(c1ccccc1)N1C(=N2)C(Nc2ccc(Cl)c(Cl)c2)=Nc2ccccc21. The molecule has 0 saturated heterocycles. The summed E-state index contributed by atoms with van der Waals surface area (Å²) in [5.41, 5.74) is 6.63. The number of nitrogens with one attached hydrogen (secondary N) is 1. The lowest BCUT2D eigenvalue weighted by atomic mass is 9.93. The molecule has 5 aromatic rings. The van der Waals surface area contributed by atoms with Crippen LogP contribution in [0.2, 0.25) is 10.0 Å². The molecular formula is C31H22Cl2N6. The molecule has 0 saturated carbocycles. The lowest BCUT2D eigenvalue weighted by Gasteiger charge is -2.40. The Balaban J connectivity index is 1.49. The van der Waals surface area contributed by atoms with Gasteiger partial charge in [-0.3, -0.25) is 0 Å². The number of aliphatic imine (C=N–C) groups is 2. The quantitative estimate of drug-likeness (QED) is 0.246. The third-order valence-electron chi connectivity index (χ3n) is 6.94. The summed E-state index contributed by atoms with van der Waals surface area (Å²) in [4.78, 5) is 12.5. The van der Waals surface area contributed by atoms with Crippen LogP contribution in [0.15, 0.2) is 113 Å². The van der Waals surface area contributed by atoms with Crippen molar-refractivity contribution in [2.75, 3.05) is 10.2 Å². The minimum atomic E-state index is -0.173. The van der Waals surface area contributed by atoms with Crippen molar-refractivity contribution >= 4 is 57.8 Å². The maximum atomic E-state index is 6.35. The van der Waals surface area contributed by atoms with Gasteiger partial charge in [-0.25, -0.2) is 14.7 Å². The lowest BCUT2D eigenvalue weighted by Crippen LogP contribution is -2.46. The Bertz CT molecular complexity index is 1780. The van der Waals surface area contributed by atoms with E-state index in [4.69, 9.17) is 38.3 Å². The van der Waals surface area contributed by atoms with E-state index >= 15 is 0 Å². The molecule has 190 valence electrons. The van der Waals surface area contributed by atoms with Gasteiger partial charge in [0.25, 0.3) is 0 Å². The molecule has 1 aromatic heterocycles. The molecule has 1 N–H and O–H groups in total. The highest BCUT2D eigenvalue weighted by atomic mass is 35.5. The Morgan fingerprint density at radius 1 is 0.769 bits per heavy atom. The number of anilines is 2. The molecule has 2 aliphatic heterocycles. The van der Waals surface area contributed by atoms with Crippen molar-refractivity contribution in [3.05, 3.63) is 130 Å². The third kappa shape index (κ3) is 4.00. The van der Waals surface area contributed by atoms with Crippen LogP contribution in [0.4, 0.5) is 22.9 Å². The first kappa shape index (κ1) is 23.7. The highest BCUT2D eigenvalue weighted by Crippen LogP contribution is 2.48. The molecule has 0 spiro atoms. The van der Waals surface area contributed by atoms with Crippen LogP contribution in [0.5, 0.6) is 0 Å². The van der Waals surface area contributed by atoms with Crippen molar-refractivity contribution in [3.63, 3.8) is 0 Å². The molecule has 1 unspecified atom stereocenters. The zero-order valence-corrected chi connectivity index (χ0v) is 22.4. The van der Waals surface area contributed by atoms with E-state index in [-0.39, 0.29) is 6.04 Å². The summed E-state index contributed by atoms with van der Waals surface area (Å²) in [5.74, 6) is 2.08. The molecule has 0 bridgehead atoms. The predicted octanol–water partition coefficient (Wildman–Crippen LogP) is 8.28. The van der Waals surface area contributed by atoms with E-state index < -0.39 is 0 Å². The monoisotopic (exact) mass is 548 g/mol. The van der Waals surface area contributed by atoms with E-state index in [9.17, 15) is 0 Å². The number of fused-ring (bicyclic) bond motifs is 4. The normalized spacial score (nSPS) is 15.6. The number of aromatic nitrogens is 2. The highest BCUT2D eigenvalue weighted by Gasteiger charge is 2.41. The van der Waals surface area contributed by atoms with E-state index in [1.165, 1.54) is 0 Å². The van der Waals surface area contributed by atoms with Gasteiger partial charge in [0.05, 0.1) is 38.8 Å². The van der Waals surface area contributed by atoms with Crippen LogP contribution < -0.4 is 10.2 Å². The van der Waals surface area contributed by atoms with Gasteiger partial charge in [-0.1, -0.05) is 83.9 Å². The second kappa shape index (κ2) is 9.42. The van der Waals surface area contributed by atoms with E-state index in [0.29, 0.717) is 21.7 Å². The van der Waals surface area contributed by atoms with Crippen LogP contribution >= 0.6 is 23.2 Å². The molecule has 2 aliphatic rings. The number of halogens is 2. The zero-order valence-electron chi connectivity index (χ0n) is 20.9. The summed E-state index contributed by atoms with van der Waals surface area (Å²) in [6, 6.07) is 33.9. The fraction of sp³-hybridized carbons (Fsp3) is 0.0645. The van der Waals surface area contributed by atoms with Crippen molar-refractivity contribution in [2.24, 2.45) is 9.98 Å². The topological polar surface area (TPSA) is 57.8 Å². The second-order valence-electron chi connectivity index (χ2n) is 9.39. The molecule has 0 fully saturated rings. The maximum absolute atomic E-state index is 6.35. The van der Waals surface area contributed by atoms with Gasteiger partial charge >= 0.3 is 0 Å². The van der Waals surface area contributed by atoms with Gasteiger partial charge in [-0.2, -0.15) is 5.10 Å². The number of hydrogen-bond donors (Lipinski definition) is 1. The number of amidine groups is 2. The van der Waals surface area contributed by atoms with Gasteiger partial charge in [0.2, 0.25) is 0 Å². The number of para-hydroxylation sites is 3. The van der Waals surface area contributed by atoms with Crippen LogP contribution in [0, 0.1) is 6.92 Å². The number of benzene rings is 4. The molecule has 7 rings (SSSR count). The first-order valence-electron chi connectivity index (χ1n) is 12.6. The Morgan fingerprint density at radius 2 is 1.49 bits per heavy atom. The molecule has 3 heterocycles. The summed E-state index contributed by atoms with van der Waals surface area (Å²) in [6.45, 7) is 2.05. The molecule has 39 heavy (non-hydrogen) atoms. The molecule has 0 amide bonds. The van der Waals surface area contributed by atoms with Gasteiger partial charge in [0.1, 0.15) is 0 Å². The summed E-state index contributed by atoms with van der Waals surface area (Å²) in [7, 11) is 0. The van der Waals surface area contributed by atoms with E-state index in [2.05, 4.69) is 40.5 Å². The highest BCUT2D eigenvalue weighted by molar-refractivity contribution is 6.52. The standard InChI is InChI=1S/C31H22Cl2N6/c1-19-27-28(20-10-4-2-5-11-20)38-26-15-9-8-14-25(26)35-29(34-21-16-17-23(32)24(33)18-21)31(38)36-30(27)39(37-19)22-12-6-3-7-13-22/h2-18,28H,1H3,(H,34,35). The summed E-state index contributed by atoms with van der Waals surface area (Å²) >= 11 is 12.5. The van der Waals surface area contributed by atoms with Crippen LogP contribution in [0.25, 0.3) is 5.69 Å². The maximum Gasteiger partial charge on any atom is 0.179 e. The van der Waals surface area contributed by atoms with E-state index in [1.54, 1.807) is 12.1 Å². The average Bonchev–Trinajstić information content (AvgIpc) is 3.31. The number of aryl methyl sites for hydroxylation is 1. The van der Waals surface area contributed by atoms with Crippen molar-refractivity contribution in [1.29, 1.82) is 0 Å². The molecule has 8 heteroatoms. The van der Waals surface area contributed by atoms with Gasteiger partial charge < -0.3 is 10.2 Å². The number of rotatable bonds is 3. The van der Waals surface area contributed by atoms with Crippen molar-refractivity contribution in [3.8, 4) is 5.69 Å². The van der Waals surface area contributed by atoms with Crippen LogP contribution in [-0.4, -0.2) is 21.5 Å². The third-order valence-corrected chi connectivity index (χ3v) is 7.68. The second-order valence-corrected chi connectivity index (χ2v) is 10.2. The van der Waals surface area contributed by atoms with Crippen molar-refractivity contribution in [2.45, 2.75) is 13.0 Å². The molecule has 6 nitrogen and oxygen atoms in total. The van der Waals surface area contributed by atoms with Gasteiger partial charge in [0.15, 0.2) is 17.5 Å². The molecule has 4 aromatic carbocycles. The number of hydrogen-bond acceptors (Lipinski definition) is 5. The lowest BCUT2D eigenvalue weighted by molar-refractivity contribution is 0.815. The van der Waals surface area contributed by atoms with E-state index in [0.717, 1.165) is 45.4 Å². The smallest absolute Gasteiger partial charge is 0.179 e. The van der Waals surface area contributed by atoms with Gasteiger partial charge in [-0.15, -0.1) is 0 Å². The van der Waals surface area contributed by atoms with Crippen LogP contribution in [0.3, 0.4) is 0 Å². The molecular weight excluding hydrogens is 527 g/mol. The molecule has 1 atom stereocenters. The fourth-order valence-corrected chi connectivity index (χ4v) is 5.51. The van der Waals surface area contributed by atoms with E-state index in [1.807, 2.05) is 72.3 Å². The minimum Gasteiger partial charge on any atom is -0.337 e. The minimum absolute atomic E-state index is 0.173. The molecule has 0 aliphatic carbocycles. The summed E-state index contributed by atoms with van der Waals surface area (Å²) < 4.78 is 1.92. The Morgan fingerprint density at radius 3 is 2.26 bits per heavy atom. The zero-order chi connectivity index (χ0) is 26.5. The van der Waals surface area contributed by atoms with Gasteiger partial charge in [-0.05, 0) is 55.0 Å². The average molecular weight is 549 g/mol. The Labute approximate surface area is 235 Å². The number of nitrogens with zero attached hydrogens (tertiary/aromatic N) is 5. The van der Waals surface area contributed by atoms with Crippen LogP contribution in [0.1, 0.15) is 22.9 Å². The summed E-state index contributed by atoms with van der Waals surface area (Å²) in [5, 5.41) is 9.39. The first-order valence-corrected chi connectivity index (χ1v) is 13.3. The predicted molar refractivity (Wildman–Crippen MR) is 160 cm³/mol. The molecule has 0 radical (unpaired) electrons. The summed E-state index contributed by atoms with van der Waals surface area (Å²) in [6.07, 6.45) is 0. The largest absolute Gasteiger partial charge is 0.337 e. The van der Waals surface area contributed by atoms with Crippen LogP contribution in [-0.2, 0) is 0 Å².